The summed E-state index contributed by atoms with van der Waals surface area (Å²) in [5.41, 5.74) is 8.53. The predicted molar refractivity (Wildman–Crippen MR) is 106 cm³/mol. The minimum absolute atomic E-state index is 0. The number of hydrogen-bond acceptors (Lipinski definition) is 3. The molecule has 130 valence electrons. The zero-order chi connectivity index (χ0) is 15.6. The number of aryl methyl sites for hydroxylation is 1. The van der Waals surface area contributed by atoms with E-state index in [1.54, 1.807) is 0 Å². The summed E-state index contributed by atoms with van der Waals surface area (Å²) in [5, 5.41) is 3.20. The van der Waals surface area contributed by atoms with Crippen molar-refractivity contribution in [2.24, 2.45) is 10.7 Å². The van der Waals surface area contributed by atoms with Crippen LogP contribution in [0.2, 0.25) is 0 Å². The van der Waals surface area contributed by atoms with Gasteiger partial charge in [-0.1, -0.05) is 31.2 Å². The lowest BCUT2D eigenvalue weighted by Crippen LogP contribution is -2.39. The van der Waals surface area contributed by atoms with Gasteiger partial charge in [-0.05, 0) is 30.5 Å². The van der Waals surface area contributed by atoms with Crippen LogP contribution in [-0.2, 0) is 17.7 Å². The molecule has 0 aromatic heterocycles. The minimum Gasteiger partial charge on any atom is -0.379 e. The van der Waals surface area contributed by atoms with Crippen molar-refractivity contribution in [1.29, 1.82) is 0 Å². The second-order valence-corrected chi connectivity index (χ2v) is 5.56. The number of morpholine rings is 1. The van der Waals surface area contributed by atoms with Gasteiger partial charge in [-0.25, -0.2) is 4.99 Å². The first-order valence-electron chi connectivity index (χ1n) is 8.20. The van der Waals surface area contributed by atoms with Gasteiger partial charge in [-0.15, -0.1) is 24.0 Å². The lowest BCUT2D eigenvalue weighted by atomic mass is 10.1. The van der Waals surface area contributed by atoms with E-state index in [9.17, 15) is 0 Å². The van der Waals surface area contributed by atoms with E-state index in [0.29, 0.717) is 12.5 Å². The van der Waals surface area contributed by atoms with Gasteiger partial charge in [0.25, 0.3) is 0 Å². The summed E-state index contributed by atoms with van der Waals surface area (Å²) in [5.74, 6) is 0.535. The average molecular weight is 432 g/mol. The summed E-state index contributed by atoms with van der Waals surface area (Å²) >= 11 is 0. The summed E-state index contributed by atoms with van der Waals surface area (Å²) in [7, 11) is 0. The quantitative estimate of drug-likeness (QED) is 0.300. The number of nitrogens with two attached hydrogens (primary N) is 1. The van der Waals surface area contributed by atoms with Crippen LogP contribution in [-0.4, -0.2) is 50.3 Å². The Hall–Kier alpha value is -0.860. The zero-order valence-corrected chi connectivity index (χ0v) is 16.3. The molecule has 0 bridgehead atoms. The van der Waals surface area contributed by atoms with Crippen molar-refractivity contribution in [2.45, 2.75) is 26.3 Å². The van der Waals surface area contributed by atoms with E-state index in [0.717, 1.165) is 52.2 Å². The Morgan fingerprint density at radius 3 is 2.65 bits per heavy atom. The molecule has 1 aromatic rings. The number of nitrogens with zero attached hydrogens (tertiary/aromatic N) is 2. The second kappa shape index (κ2) is 11.6. The van der Waals surface area contributed by atoms with E-state index in [2.05, 4.69) is 46.4 Å². The maximum absolute atomic E-state index is 5.94. The van der Waals surface area contributed by atoms with Crippen molar-refractivity contribution in [3.63, 3.8) is 0 Å². The van der Waals surface area contributed by atoms with Crippen LogP contribution in [0.3, 0.4) is 0 Å². The number of guanidine groups is 1. The first kappa shape index (κ1) is 20.2. The van der Waals surface area contributed by atoms with Crippen LogP contribution in [0.5, 0.6) is 0 Å². The third kappa shape index (κ3) is 7.50. The van der Waals surface area contributed by atoms with Crippen LogP contribution in [0.1, 0.15) is 24.5 Å². The van der Waals surface area contributed by atoms with E-state index in [4.69, 9.17) is 10.5 Å². The molecule has 1 aliphatic heterocycles. The van der Waals surface area contributed by atoms with Gasteiger partial charge in [-0.2, -0.15) is 0 Å². The molecule has 0 radical (unpaired) electrons. The standard InChI is InChI=1S/C17H28N4O.HI/c1-2-15-6-3-4-7-16(15)14-20-17(18)19-8-5-9-21-10-12-22-13-11-21;/h3-4,6-7H,2,5,8-14H2,1H3,(H3,18,19,20);1H. The number of hydrogen-bond donors (Lipinski definition) is 2. The van der Waals surface area contributed by atoms with Crippen molar-refractivity contribution < 1.29 is 4.74 Å². The molecule has 23 heavy (non-hydrogen) atoms. The van der Waals surface area contributed by atoms with Gasteiger partial charge >= 0.3 is 0 Å². The highest BCUT2D eigenvalue weighted by Crippen LogP contribution is 2.10. The van der Waals surface area contributed by atoms with Crippen molar-refractivity contribution in [2.75, 3.05) is 39.4 Å². The summed E-state index contributed by atoms with van der Waals surface area (Å²) < 4.78 is 5.34. The van der Waals surface area contributed by atoms with Gasteiger partial charge in [0.15, 0.2) is 5.96 Å². The van der Waals surface area contributed by atoms with Crippen LogP contribution in [0.15, 0.2) is 29.3 Å². The monoisotopic (exact) mass is 432 g/mol. The Balaban J connectivity index is 0.00000264. The summed E-state index contributed by atoms with van der Waals surface area (Å²) in [6.07, 6.45) is 2.10. The summed E-state index contributed by atoms with van der Waals surface area (Å²) in [6, 6.07) is 8.39. The Morgan fingerprint density at radius 1 is 1.26 bits per heavy atom. The first-order chi connectivity index (χ1) is 10.8. The first-order valence-corrected chi connectivity index (χ1v) is 8.20. The fourth-order valence-corrected chi connectivity index (χ4v) is 2.63. The Labute approximate surface area is 156 Å². The molecule has 0 spiro atoms. The lowest BCUT2D eigenvalue weighted by molar-refractivity contribution is 0.0376. The van der Waals surface area contributed by atoms with Gasteiger partial charge in [0.2, 0.25) is 0 Å². The van der Waals surface area contributed by atoms with Gasteiger partial charge < -0.3 is 15.8 Å². The Bertz CT molecular complexity index is 475. The molecule has 0 amide bonds. The van der Waals surface area contributed by atoms with Crippen molar-refractivity contribution in [1.82, 2.24) is 10.2 Å². The van der Waals surface area contributed by atoms with Crippen LogP contribution >= 0.6 is 24.0 Å². The minimum atomic E-state index is 0. The zero-order valence-electron chi connectivity index (χ0n) is 14.0. The SMILES string of the molecule is CCc1ccccc1CN=C(N)NCCCN1CCOCC1.I. The number of rotatable bonds is 7. The fourth-order valence-electron chi connectivity index (χ4n) is 2.63. The molecule has 3 N–H and O–H groups in total. The smallest absolute Gasteiger partial charge is 0.188 e. The molecule has 2 rings (SSSR count). The molecular weight excluding hydrogens is 403 g/mol. The Kier molecular flexibility index (Phi) is 10.2. The topological polar surface area (TPSA) is 62.9 Å². The highest BCUT2D eigenvalue weighted by Gasteiger charge is 2.08. The van der Waals surface area contributed by atoms with Crippen LogP contribution in [0.4, 0.5) is 0 Å². The number of aliphatic imine (C=N–C) groups is 1. The second-order valence-electron chi connectivity index (χ2n) is 5.56. The van der Waals surface area contributed by atoms with E-state index >= 15 is 0 Å². The molecule has 5 nitrogen and oxygen atoms in total. The molecule has 6 heteroatoms. The molecule has 0 atom stereocenters. The summed E-state index contributed by atoms with van der Waals surface area (Å²) in [4.78, 5) is 6.86. The molecule has 0 aliphatic carbocycles. The highest BCUT2D eigenvalue weighted by atomic mass is 127. The molecule has 0 saturated carbocycles. The maximum Gasteiger partial charge on any atom is 0.188 e. The molecule has 1 heterocycles. The average Bonchev–Trinajstić information content (AvgIpc) is 2.58. The third-order valence-corrected chi connectivity index (χ3v) is 3.98. The van der Waals surface area contributed by atoms with Crippen molar-refractivity contribution in [3.05, 3.63) is 35.4 Å². The fraction of sp³-hybridized carbons (Fsp3) is 0.588. The number of benzene rings is 1. The largest absolute Gasteiger partial charge is 0.379 e. The number of halogens is 1. The third-order valence-electron chi connectivity index (χ3n) is 3.98. The molecule has 1 saturated heterocycles. The van der Waals surface area contributed by atoms with Gasteiger partial charge in [0.1, 0.15) is 0 Å². The van der Waals surface area contributed by atoms with Crippen LogP contribution in [0, 0.1) is 0 Å². The van der Waals surface area contributed by atoms with E-state index in [1.165, 1.54) is 11.1 Å². The van der Waals surface area contributed by atoms with E-state index in [-0.39, 0.29) is 24.0 Å². The van der Waals surface area contributed by atoms with E-state index in [1.807, 2.05) is 0 Å². The molecule has 1 aliphatic rings. The van der Waals surface area contributed by atoms with Crippen LogP contribution in [0.25, 0.3) is 0 Å². The van der Waals surface area contributed by atoms with Crippen molar-refractivity contribution in [3.8, 4) is 0 Å². The van der Waals surface area contributed by atoms with Gasteiger partial charge in [0, 0.05) is 19.6 Å². The van der Waals surface area contributed by atoms with Gasteiger partial charge in [-0.3, -0.25) is 4.90 Å². The summed E-state index contributed by atoms with van der Waals surface area (Å²) in [6.45, 7) is 8.54. The predicted octanol–water partition coefficient (Wildman–Crippen LogP) is 1.99. The number of nitrogens with one attached hydrogen (secondary N) is 1. The van der Waals surface area contributed by atoms with Gasteiger partial charge in [0.05, 0.1) is 19.8 Å². The molecular formula is C17H29IN4O. The van der Waals surface area contributed by atoms with E-state index < -0.39 is 0 Å². The van der Waals surface area contributed by atoms with Crippen molar-refractivity contribution >= 4 is 29.9 Å². The van der Waals surface area contributed by atoms with Crippen LogP contribution < -0.4 is 11.1 Å². The maximum atomic E-state index is 5.94. The molecule has 1 aromatic carbocycles. The number of ether oxygens (including phenoxy) is 1. The molecule has 1 fully saturated rings. The lowest BCUT2D eigenvalue weighted by Gasteiger charge is -2.26. The Morgan fingerprint density at radius 2 is 1.96 bits per heavy atom. The normalized spacial score (nSPS) is 16.0. The highest BCUT2D eigenvalue weighted by molar-refractivity contribution is 14.0. The molecule has 0 unspecified atom stereocenters.